The van der Waals surface area contributed by atoms with Crippen molar-refractivity contribution in [2.45, 2.75) is 24.9 Å². The van der Waals surface area contributed by atoms with Crippen LogP contribution in [0, 0.1) is 11.8 Å². The van der Waals surface area contributed by atoms with Gasteiger partial charge in [-0.3, -0.25) is 14.7 Å². The summed E-state index contributed by atoms with van der Waals surface area (Å²) in [6, 6.07) is 20.4. The van der Waals surface area contributed by atoms with Gasteiger partial charge in [0.2, 0.25) is 0 Å². The number of rotatable bonds is 5. The molecule has 5 atom stereocenters. The second-order valence-corrected chi connectivity index (χ2v) is 9.39. The average Bonchev–Trinajstić information content (AvgIpc) is 3.32. The minimum atomic E-state index is -0.120. The number of H-pyrrole nitrogens is 1. The number of nitrogens with zero attached hydrogens (tertiary/aromatic N) is 2. The van der Waals surface area contributed by atoms with Crippen molar-refractivity contribution in [2.24, 2.45) is 11.8 Å². The number of pyridine rings is 1. The van der Waals surface area contributed by atoms with E-state index in [2.05, 4.69) is 45.0 Å². The number of piperidine rings is 3. The molecule has 0 spiro atoms. The number of carbonyl (C=O) groups is 1. The zero-order chi connectivity index (χ0) is 22.4. The number of aromatic amines is 1. The van der Waals surface area contributed by atoms with Crippen LogP contribution in [0.25, 0.3) is 21.8 Å². The van der Waals surface area contributed by atoms with Gasteiger partial charge in [0.05, 0.1) is 11.6 Å². The average molecular weight is 437 g/mol. The highest BCUT2D eigenvalue weighted by Crippen LogP contribution is 2.42. The van der Waals surface area contributed by atoms with Crippen LogP contribution in [0.3, 0.4) is 0 Å². The molecule has 4 aromatic rings. The van der Waals surface area contributed by atoms with Gasteiger partial charge in [0, 0.05) is 35.1 Å². The molecule has 2 N–H and O–H groups in total. The molecular formula is C28H28N4O. The summed E-state index contributed by atoms with van der Waals surface area (Å²) in [7, 11) is 0. The van der Waals surface area contributed by atoms with Gasteiger partial charge in [0.25, 0.3) is 5.91 Å². The summed E-state index contributed by atoms with van der Waals surface area (Å²) in [4.78, 5) is 23.9. The molecule has 3 aliphatic rings. The van der Waals surface area contributed by atoms with Gasteiger partial charge in [0.1, 0.15) is 5.69 Å². The third-order valence-electron chi connectivity index (χ3n) is 7.62. The summed E-state index contributed by atoms with van der Waals surface area (Å²) < 4.78 is 0. The van der Waals surface area contributed by atoms with Crippen molar-refractivity contribution >= 4 is 27.7 Å². The Morgan fingerprint density at radius 3 is 2.85 bits per heavy atom. The Balaban J connectivity index is 1.40. The Hall–Kier alpha value is -3.44. The summed E-state index contributed by atoms with van der Waals surface area (Å²) in [5.74, 6) is 1.09. The van der Waals surface area contributed by atoms with Crippen LogP contribution in [-0.4, -0.2) is 39.9 Å². The highest BCUT2D eigenvalue weighted by Gasteiger charge is 2.43. The fourth-order valence-corrected chi connectivity index (χ4v) is 5.91. The quantitative estimate of drug-likeness (QED) is 0.429. The number of carbonyl (C=O) groups excluding carboxylic acids is 1. The number of hydrogen-bond acceptors (Lipinski definition) is 3. The smallest absolute Gasteiger partial charge is 0.268 e. The van der Waals surface area contributed by atoms with Gasteiger partial charge < -0.3 is 10.3 Å². The van der Waals surface area contributed by atoms with E-state index in [-0.39, 0.29) is 18.0 Å². The summed E-state index contributed by atoms with van der Waals surface area (Å²) in [5.41, 5.74) is 3.67. The van der Waals surface area contributed by atoms with E-state index in [0.717, 1.165) is 46.9 Å². The van der Waals surface area contributed by atoms with Crippen molar-refractivity contribution in [1.82, 2.24) is 20.2 Å². The van der Waals surface area contributed by atoms with Crippen molar-refractivity contribution in [3.05, 3.63) is 90.8 Å². The minimum Gasteiger partial charge on any atom is -0.351 e. The van der Waals surface area contributed by atoms with E-state index >= 15 is 0 Å². The highest BCUT2D eigenvalue weighted by molar-refractivity contribution is 5.98. The van der Waals surface area contributed by atoms with Crippen molar-refractivity contribution in [3.8, 4) is 0 Å². The first-order chi connectivity index (χ1) is 16.2. The molecule has 166 valence electrons. The maximum absolute atomic E-state index is 13.5. The molecule has 3 saturated heterocycles. The molecule has 2 aromatic heterocycles. The van der Waals surface area contributed by atoms with E-state index in [1.165, 1.54) is 6.42 Å². The van der Waals surface area contributed by atoms with Gasteiger partial charge in [-0.1, -0.05) is 42.5 Å². The van der Waals surface area contributed by atoms with Crippen LogP contribution in [0.2, 0.25) is 0 Å². The van der Waals surface area contributed by atoms with E-state index in [1.807, 2.05) is 54.7 Å². The molecular weight excluding hydrogens is 408 g/mol. The molecule has 0 radical (unpaired) electrons. The van der Waals surface area contributed by atoms with Gasteiger partial charge in [-0.15, -0.1) is 6.58 Å². The summed E-state index contributed by atoms with van der Waals surface area (Å²) in [5, 5.41) is 5.57. The number of fused-ring (bicyclic) bond motifs is 5. The molecule has 3 fully saturated rings. The Bertz CT molecular complexity index is 1300. The van der Waals surface area contributed by atoms with Crippen LogP contribution >= 0.6 is 0 Å². The maximum Gasteiger partial charge on any atom is 0.268 e. The predicted molar refractivity (Wildman–Crippen MR) is 132 cm³/mol. The predicted octanol–water partition coefficient (Wildman–Crippen LogP) is 5.08. The molecule has 1 amide bonds. The molecule has 5 heteroatoms. The Kier molecular flexibility index (Phi) is 4.99. The van der Waals surface area contributed by atoms with Crippen molar-refractivity contribution in [2.75, 3.05) is 13.1 Å². The monoisotopic (exact) mass is 436 g/mol. The third-order valence-corrected chi connectivity index (χ3v) is 7.62. The fourth-order valence-electron chi connectivity index (χ4n) is 5.91. The summed E-state index contributed by atoms with van der Waals surface area (Å²) in [6.45, 7) is 6.16. The number of aromatic nitrogens is 2. The van der Waals surface area contributed by atoms with E-state index in [4.69, 9.17) is 0 Å². The van der Waals surface area contributed by atoms with Gasteiger partial charge in [-0.2, -0.15) is 0 Å². The second-order valence-electron chi connectivity index (χ2n) is 9.39. The molecule has 0 saturated carbocycles. The Morgan fingerprint density at radius 1 is 1.18 bits per heavy atom. The number of benzene rings is 2. The highest BCUT2D eigenvalue weighted by atomic mass is 16.2. The lowest BCUT2D eigenvalue weighted by Crippen LogP contribution is -2.57. The van der Waals surface area contributed by atoms with Crippen molar-refractivity contribution < 1.29 is 4.79 Å². The van der Waals surface area contributed by atoms with Crippen molar-refractivity contribution in [1.29, 1.82) is 0 Å². The summed E-state index contributed by atoms with van der Waals surface area (Å²) >= 11 is 0. The van der Waals surface area contributed by atoms with Crippen LogP contribution in [0.1, 0.15) is 34.9 Å². The van der Waals surface area contributed by atoms with Crippen molar-refractivity contribution in [3.63, 3.8) is 0 Å². The number of para-hydroxylation sites is 2. The lowest BCUT2D eigenvalue weighted by molar-refractivity contribution is 0.00168. The first kappa shape index (κ1) is 20.2. The van der Waals surface area contributed by atoms with Crippen LogP contribution < -0.4 is 5.32 Å². The summed E-state index contributed by atoms with van der Waals surface area (Å²) in [6.07, 6.45) is 6.24. The molecule has 0 aliphatic carbocycles. The molecule has 3 aliphatic heterocycles. The SMILES string of the molecule is C=C[C@H]1CN2CC[C@H]1C[C@@H]2[C@H](NC(=O)c1cc2ccccc2[nH]1)c1ccnc2ccccc12. The second kappa shape index (κ2) is 8.16. The molecule has 2 bridgehead atoms. The topological polar surface area (TPSA) is 61.0 Å². The van der Waals surface area contributed by atoms with Gasteiger partial charge in [-0.25, -0.2) is 0 Å². The molecule has 7 rings (SSSR count). The van der Waals surface area contributed by atoms with Crippen LogP contribution in [0.5, 0.6) is 0 Å². The zero-order valence-electron chi connectivity index (χ0n) is 18.6. The van der Waals surface area contributed by atoms with E-state index < -0.39 is 0 Å². The maximum atomic E-state index is 13.5. The van der Waals surface area contributed by atoms with Gasteiger partial charge in [0.15, 0.2) is 0 Å². The van der Waals surface area contributed by atoms with Gasteiger partial charge >= 0.3 is 0 Å². The molecule has 5 nitrogen and oxygen atoms in total. The number of hydrogen-bond donors (Lipinski definition) is 2. The molecule has 33 heavy (non-hydrogen) atoms. The normalized spacial score (nSPS) is 25.2. The Morgan fingerprint density at radius 2 is 2.03 bits per heavy atom. The number of nitrogens with one attached hydrogen (secondary N) is 2. The van der Waals surface area contributed by atoms with E-state index in [0.29, 0.717) is 17.5 Å². The largest absolute Gasteiger partial charge is 0.351 e. The first-order valence-corrected chi connectivity index (χ1v) is 11.8. The standard InChI is InChI=1S/C28H28N4O/c1-2-18-17-32-14-12-19(18)16-26(32)27(22-11-13-29-24-10-6-4-8-21(22)24)31-28(33)25-15-20-7-3-5-9-23(20)30-25/h2-11,13,15,18-19,26-27,30H,1,12,14,16-17H2,(H,31,33)/t18-,19-,26+,27+/m0/s1. The third kappa shape index (κ3) is 3.53. The van der Waals surface area contributed by atoms with Crippen LogP contribution in [0.4, 0.5) is 0 Å². The zero-order valence-corrected chi connectivity index (χ0v) is 18.6. The van der Waals surface area contributed by atoms with E-state index in [9.17, 15) is 4.79 Å². The van der Waals surface area contributed by atoms with Crippen LogP contribution in [0.15, 0.2) is 79.5 Å². The van der Waals surface area contributed by atoms with E-state index in [1.54, 1.807) is 0 Å². The Labute approximate surface area is 193 Å². The molecule has 5 heterocycles. The molecule has 1 unspecified atom stereocenters. The number of amides is 1. The molecule has 2 aromatic carbocycles. The van der Waals surface area contributed by atoms with Gasteiger partial charge in [-0.05, 0) is 61.1 Å². The van der Waals surface area contributed by atoms with Crippen LogP contribution in [-0.2, 0) is 0 Å². The minimum absolute atomic E-state index is 0.0694. The lowest BCUT2D eigenvalue weighted by Gasteiger charge is -2.51. The fraction of sp³-hybridized carbons (Fsp3) is 0.286. The lowest BCUT2D eigenvalue weighted by atomic mass is 9.73. The first-order valence-electron chi connectivity index (χ1n) is 11.8.